The van der Waals surface area contributed by atoms with E-state index in [1.165, 1.54) is 10.4 Å². The lowest BCUT2D eigenvalue weighted by Gasteiger charge is -2.39. The average Bonchev–Trinajstić information content (AvgIpc) is 2.60. The van der Waals surface area contributed by atoms with Crippen LogP contribution < -0.4 is 5.32 Å². The van der Waals surface area contributed by atoms with Crippen molar-refractivity contribution in [3.63, 3.8) is 0 Å². The first-order valence-corrected chi connectivity index (χ1v) is 11.5. The van der Waals surface area contributed by atoms with Crippen molar-refractivity contribution in [2.75, 3.05) is 26.3 Å². The second-order valence-electron chi connectivity index (χ2n) is 9.08. The number of carbonyl (C=O) groups excluding carboxylic acids is 1. The maximum absolute atomic E-state index is 13.0. The first kappa shape index (κ1) is 21.3. The Hall–Kier alpha value is -1.44. The van der Waals surface area contributed by atoms with Crippen LogP contribution in [0.15, 0.2) is 23.1 Å². The number of nitrogens with zero attached hydrogens (tertiary/aromatic N) is 1. The number of amides is 1. The van der Waals surface area contributed by atoms with Gasteiger partial charge in [-0.1, -0.05) is 26.8 Å². The van der Waals surface area contributed by atoms with Gasteiger partial charge in [-0.25, -0.2) is 8.42 Å². The Morgan fingerprint density at radius 2 is 1.89 bits per heavy atom. The van der Waals surface area contributed by atoms with Crippen LogP contribution in [0, 0.1) is 18.3 Å². The van der Waals surface area contributed by atoms with E-state index in [1.54, 1.807) is 19.1 Å². The highest BCUT2D eigenvalue weighted by Crippen LogP contribution is 2.38. The summed E-state index contributed by atoms with van der Waals surface area (Å²) in [5, 5.41) is 3.13. The van der Waals surface area contributed by atoms with E-state index in [9.17, 15) is 13.2 Å². The summed E-state index contributed by atoms with van der Waals surface area (Å²) in [6, 6.07) is 5.06. The maximum Gasteiger partial charge on any atom is 0.251 e. The molecule has 156 valence electrons. The lowest BCUT2D eigenvalue weighted by Crippen LogP contribution is -2.43. The van der Waals surface area contributed by atoms with Crippen molar-refractivity contribution < 1.29 is 17.9 Å². The molecule has 1 heterocycles. The van der Waals surface area contributed by atoms with E-state index in [0.717, 1.165) is 19.3 Å². The Morgan fingerprint density at radius 1 is 1.21 bits per heavy atom. The Bertz CT molecular complexity index is 829. The number of sulfonamides is 1. The normalized spacial score (nSPS) is 26.0. The van der Waals surface area contributed by atoms with Crippen LogP contribution in [-0.2, 0) is 14.8 Å². The molecule has 28 heavy (non-hydrogen) atoms. The third kappa shape index (κ3) is 4.75. The Morgan fingerprint density at radius 3 is 2.54 bits per heavy atom. The molecule has 1 N–H and O–H groups in total. The molecule has 2 atom stereocenters. The molecule has 1 saturated carbocycles. The molecular weight excluding hydrogens is 376 g/mol. The van der Waals surface area contributed by atoms with Crippen LogP contribution in [0.25, 0.3) is 0 Å². The summed E-state index contributed by atoms with van der Waals surface area (Å²) in [7, 11) is -3.64. The number of morpholine rings is 1. The van der Waals surface area contributed by atoms with Gasteiger partial charge >= 0.3 is 0 Å². The minimum Gasteiger partial charge on any atom is -0.379 e. The van der Waals surface area contributed by atoms with E-state index in [2.05, 4.69) is 26.1 Å². The molecule has 1 aromatic rings. The highest BCUT2D eigenvalue weighted by Gasteiger charge is 2.33. The van der Waals surface area contributed by atoms with E-state index in [1.807, 2.05) is 0 Å². The van der Waals surface area contributed by atoms with Crippen molar-refractivity contribution >= 4 is 15.9 Å². The van der Waals surface area contributed by atoms with Crippen molar-refractivity contribution in [1.29, 1.82) is 0 Å². The first-order valence-electron chi connectivity index (χ1n) is 10.1. The Kier molecular flexibility index (Phi) is 6.17. The van der Waals surface area contributed by atoms with Crippen LogP contribution in [0.1, 0.15) is 56.0 Å². The number of hydrogen-bond donors (Lipinski definition) is 1. The first-order chi connectivity index (χ1) is 13.1. The van der Waals surface area contributed by atoms with Gasteiger partial charge in [0.15, 0.2) is 0 Å². The SMILES string of the molecule is Cc1ccc(C(=O)NC2CC(C)CC(C)(C)C2)cc1S(=O)(=O)N1CCOCC1. The molecule has 2 fully saturated rings. The van der Waals surface area contributed by atoms with Gasteiger partial charge in [0.25, 0.3) is 5.91 Å². The van der Waals surface area contributed by atoms with E-state index in [4.69, 9.17) is 4.74 Å². The lowest BCUT2D eigenvalue weighted by molar-refractivity contribution is 0.0730. The van der Waals surface area contributed by atoms with Crippen molar-refractivity contribution in [1.82, 2.24) is 9.62 Å². The van der Waals surface area contributed by atoms with Crippen LogP contribution in [0.3, 0.4) is 0 Å². The van der Waals surface area contributed by atoms with Crippen molar-refractivity contribution in [3.05, 3.63) is 29.3 Å². The monoisotopic (exact) mass is 408 g/mol. The molecule has 0 radical (unpaired) electrons. The zero-order chi connectivity index (χ0) is 20.5. The zero-order valence-corrected chi connectivity index (χ0v) is 18.1. The molecule has 1 aliphatic carbocycles. The molecule has 6 nitrogen and oxygen atoms in total. The molecule has 1 aromatic carbocycles. The highest BCUT2D eigenvalue weighted by molar-refractivity contribution is 7.89. The summed E-state index contributed by atoms with van der Waals surface area (Å²) >= 11 is 0. The summed E-state index contributed by atoms with van der Waals surface area (Å²) in [5.74, 6) is 0.359. The minimum absolute atomic E-state index is 0.117. The summed E-state index contributed by atoms with van der Waals surface area (Å²) in [5.41, 5.74) is 1.25. The third-order valence-electron chi connectivity index (χ3n) is 5.76. The van der Waals surface area contributed by atoms with Gasteiger partial charge in [-0.15, -0.1) is 0 Å². The third-order valence-corrected chi connectivity index (χ3v) is 7.80. The van der Waals surface area contributed by atoms with E-state index < -0.39 is 10.0 Å². The molecule has 1 amide bonds. The number of ether oxygens (including phenoxy) is 1. The molecule has 0 bridgehead atoms. The Balaban J connectivity index is 1.80. The van der Waals surface area contributed by atoms with E-state index in [-0.39, 0.29) is 22.3 Å². The zero-order valence-electron chi connectivity index (χ0n) is 17.3. The summed E-state index contributed by atoms with van der Waals surface area (Å²) in [6.45, 7) is 9.93. The maximum atomic E-state index is 13.0. The van der Waals surface area contributed by atoms with E-state index >= 15 is 0 Å². The molecule has 1 aliphatic heterocycles. The second kappa shape index (κ2) is 8.13. The summed E-state index contributed by atoms with van der Waals surface area (Å²) in [4.78, 5) is 13.1. The fourth-order valence-corrected chi connectivity index (χ4v) is 6.33. The molecule has 7 heteroatoms. The van der Waals surface area contributed by atoms with Crippen molar-refractivity contribution in [2.24, 2.45) is 11.3 Å². The topological polar surface area (TPSA) is 75.7 Å². The van der Waals surface area contributed by atoms with Crippen LogP contribution in [0.2, 0.25) is 0 Å². The number of benzene rings is 1. The van der Waals surface area contributed by atoms with Crippen molar-refractivity contribution in [3.8, 4) is 0 Å². The molecule has 0 spiro atoms. The predicted molar refractivity (Wildman–Crippen MR) is 109 cm³/mol. The molecule has 2 unspecified atom stereocenters. The highest BCUT2D eigenvalue weighted by atomic mass is 32.2. The molecule has 2 aliphatic rings. The van der Waals surface area contributed by atoms with Gasteiger partial charge in [-0.2, -0.15) is 4.31 Å². The molecular formula is C21H32N2O4S. The van der Waals surface area contributed by atoms with Gasteiger partial charge in [0.1, 0.15) is 0 Å². The number of carbonyl (C=O) groups is 1. The number of hydrogen-bond acceptors (Lipinski definition) is 4. The fourth-order valence-electron chi connectivity index (χ4n) is 4.67. The quantitative estimate of drug-likeness (QED) is 0.831. The standard InChI is InChI=1S/C21H32N2O4S/c1-15-11-18(14-21(3,4)13-15)22-20(24)17-6-5-16(2)19(12-17)28(25,26)23-7-9-27-10-8-23/h5-6,12,15,18H,7-11,13-14H2,1-4H3,(H,22,24). The Labute approximate surface area is 168 Å². The fraction of sp³-hybridized carbons (Fsp3) is 0.667. The van der Waals surface area contributed by atoms with Crippen LogP contribution in [0.4, 0.5) is 0 Å². The number of nitrogens with one attached hydrogen (secondary N) is 1. The largest absolute Gasteiger partial charge is 0.379 e. The van der Waals surface area contributed by atoms with Crippen molar-refractivity contribution in [2.45, 2.75) is 57.9 Å². The van der Waals surface area contributed by atoms with Gasteiger partial charge in [0, 0.05) is 24.7 Å². The second-order valence-corrected chi connectivity index (χ2v) is 11.0. The minimum atomic E-state index is -3.64. The van der Waals surface area contributed by atoms with Gasteiger partial charge < -0.3 is 10.1 Å². The number of aryl methyl sites for hydroxylation is 1. The number of rotatable bonds is 4. The molecule has 0 aromatic heterocycles. The summed E-state index contributed by atoms with van der Waals surface area (Å²) < 4.78 is 32.8. The van der Waals surface area contributed by atoms with Crippen LogP contribution in [0.5, 0.6) is 0 Å². The van der Waals surface area contributed by atoms with Crippen LogP contribution in [-0.4, -0.2) is 51.0 Å². The average molecular weight is 409 g/mol. The van der Waals surface area contributed by atoms with Gasteiger partial charge in [-0.05, 0) is 55.2 Å². The van der Waals surface area contributed by atoms with Gasteiger partial charge in [0.2, 0.25) is 10.0 Å². The molecule has 1 saturated heterocycles. The smallest absolute Gasteiger partial charge is 0.251 e. The summed E-state index contributed by atoms with van der Waals surface area (Å²) in [6.07, 6.45) is 3.06. The predicted octanol–water partition coefficient (Wildman–Crippen LogP) is 2.96. The van der Waals surface area contributed by atoms with Gasteiger partial charge in [-0.3, -0.25) is 4.79 Å². The van der Waals surface area contributed by atoms with Crippen LogP contribution >= 0.6 is 0 Å². The van der Waals surface area contributed by atoms with E-state index in [0.29, 0.717) is 43.3 Å². The molecule has 3 rings (SSSR count). The lowest BCUT2D eigenvalue weighted by atomic mass is 9.70. The van der Waals surface area contributed by atoms with Gasteiger partial charge in [0.05, 0.1) is 18.1 Å².